The minimum absolute atomic E-state index is 0.0718. The lowest BCUT2D eigenvalue weighted by Gasteiger charge is -2.34. The zero-order chi connectivity index (χ0) is 27.7. The number of fused-ring (bicyclic) bond motifs is 1. The van der Waals surface area contributed by atoms with Crippen molar-refractivity contribution in [3.8, 4) is 0 Å². The first-order chi connectivity index (χ1) is 17.8. The van der Waals surface area contributed by atoms with Crippen LogP contribution in [0.15, 0.2) is 24.4 Å². The van der Waals surface area contributed by atoms with Crippen molar-refractivity contribution >= 4 is 46.4 Å². The number of nitrogens with zero attached hydrogens (tertiary/aromatic N) is 5. The van der Waals surface area contributed by atoms with Gasteiger partial charge in [0.1, 0.15) is 5.52 Å². The predicted octanol–water partition coefficient (Wildman–Crippen LogP) is 6.46. The summed E-state index contributed by atoms with van der Waals surface area (Å²) in [5, 5.41) is 6.24. The number of alkyl halides is 3. The topological polar surface area (TPSA) is 97.2 Å². The van der Waals surface area contributed by atoms with Crippen molar-refractivity contribution in [3.05, 3.63) is 35.0 Å². The molecule has 9 nitrogen and oxygen atoms in total. The van der Waals surface area contributed by atoms with E-state index in [2.05, 4.69) is 25.6 Å². The summed E-state index contributed by atoms with van der Waals surface area (Å²) in [4.78, 5) is 27.7. The number of carbonyl (C=O) groups is 1. The van der Waals surface area contributed by atoms with Crippen LogP contribution in [0.1, 0.15) is 52.0 Å². The molecule has 1 saturated carbocycles. The first-order valence-electron chi connectivity index (χ1n) is 12.4. The van der Waals surface area contributed by atoms with Crippen LogP contribution in [0.5, 0.6) is 0 Å². The van der Waals surface area contributed by atoms with Crippen molar-refractivity contribution < 1.29 is 22.7 Å². The van der Waals surface area contributed by atoms with E-state index in [1.165, 1.54) is 13.2 Å². The number of hydrogen-bond donors (Lipinski definition) is 2. The Morgan fingerprint density at radius 1 is 1.18 bits per heavy atom. The summed E-state index contributed by atoms with van der Waals surface area (Å²) < 4.78 is 46.9. The van der Waals surface area contributed by atoms with Gasteiger partial charge >= 0.3 is 12.3 Å². The van der Waals surface area contributed by atoms with E-state index in [-0.39, 0.29) is 35.8 Å². The molecule has 13 heteroatoms. The molecule has 0 spiro atoms. The summed E-state index contributed by atoms with van der Waals surface area (Å²) >= 11 is 5.99. The third kappa shape index (κ3) is 6.40. The molecule has 0 saturated heterocycles. The predicted molar refractivity (Wildman–Crippen MR) is 140 cm³/mol. The largest absolute Gasteiger partial charge is 0.453 e. The molecule has 0 unspecified atom stereocenters. The zero-order valence-corrected chi connectivity index (χ0v) is 22.4. The average molecular weight is 554 g/mol. The number of carbonyl (C=O) groups excluding carboxylic acids is 1. The number of amides is 1. The van der Waals surface area contributed by atoms with Gasteiger partial charge in [0.25, 0.3) is 0 Å². The number of ether oxygens (including phenoxy) is 1. The molecule has 2 N–H and O–H groups in total. The number of anilines is 3. The molecule has 3 aromatic rings. The lowest BCUT2D eigenvalue weighted by atomic mass is 10.1. The normalized spacial score (nSPS) is 14.6. The maximum absolute atomic E-state index is 13.4. The van der Waals surface area contributed by atoms with Gasteiger partial charge in [0.15, 0.2) is 5.65 Å². The molecule has 0 radical (unpaired) electrons. The molecule has 1 amide bonds. The number of benzene rings is 1. The second kappa shape index (κ2) is 10.8. The summed E-state index contributed by atoms with van der Waals surface area (Å²) in [6.07, 6.45) is 0.846. The molecule has 4 rings (SSSR count). The summed E-state index contributed by atoms with van der Waals surface area (Å²) in [6, 6.07) is 3.49. The second-order valence-electron chi connectivity index (χ2n) is 10.3. The molecule has 206 valence electrons. The minimum atomic E-state index is -4.57. The lowest BCUT2D eigenvalue weighted by molar-refractivity contribution is -0.137. The highest BCUT2D eigenvalue weighted by molar-refractivity contribution is 6.31. The Bertz CT molecular complexity index is 1300. The molecule has 0 atom stereocenters. The van der Waals surface area contributed by atoms with Crippen LogP contribution in [0.25, 0.3) is 11.2 Å². The molecule has 38 heavy (non-hydrogen) atoms. The van der Waals surface area contributed by atoms with Crippen LogP contribution in [-0.4, -0.2) is 55.7 Å². The highest BCUT2D eigenvalue weighted by atomic mass is 35.5. The van der Waals surface area contributed by atoms with E-state index in [4.69, 9.17) is 16.3 Å². The number of methoxy groups -OCH3 is 1. The number of hydrogen-bond acceptors (Lipinski definition) is 7. The van der Waals surface area contributed by atoms with E-state index in [0.717, 1.165) is 37.8 Å². The summed E-state index contributed by atoms with van der Waals surface area (Å²) in [5.41, 5.74) is -0.403. The Balaban J connectivity index is 1.73. The summed E-state index contributed by atoms with van der Waals surface area (Å²) in [7, 11) is 1.31. The Morgan fingerprint density at radius 2 is 1.89 bits per heavy atom. The Kier molecular flexibility index (Phi) is 7.91. The Labute approximate surface area is 223 Å². The van der Waals surface area contributed by atoms with E-state index >= 15 is 0 Å². The van der Waals surface area contributed by atoms with Gasteiger partial charge in [-0.15, -0.1) is 0 Å². The Morgan fingerprint density at radius 3 is 2.53 bits per heavy atom. The fourth-order valence-corrected chi connectivity index (χ4v) is 4.75. The highest BCUT2D eigenvalue weighted by Crippen LogP contribution is 2.34. The fourth-order valence-electron chi connectivity index (χ4n) is 4.51. The van der Waals surface area contributed by atoms with Crippen molar-refractivity contribution in [2.75, 3.05) is 24.3 Å². The number of aromatic nitrogens is 4. The van der Waals surface area contributed by atoms with Gasteiger partial charge in [-0.3, -0.25) is 4.57 Å². The molecule has 1 aliphatic carbocycles. The SMILES string of the molecule is COC(=O)N(CCn1c(Nc2cc(Cl)cc(C(F)(F)F)c2)nc2cnc(NC3CCCC3)nc21)C(C)(C)C. The van der Waals surface area contributed by atoms with Gasteiger partial charge in [0.05, 0.1) is 18.9 Å². The monoisotopic (exact) mass is 553 g/mol. The molecule has 1 fully saturated rings. The standard InChI is InChI=1S/C25H31ClF3N7O2/c1-24(2,3)36(23(37)38-4)10-9-35-20-19(14-30-21(34-20)31-17-7-5-6-8-17)33-22(35)32-18-12-15(25(27,28)29)11-16(26)13-18/h11-14,17H,5-10H2,1-4H3,(H,32,33)(H,30,31,34). The van der Waals surface area contributed by atoms with Crippen LogP contribution in [0.3, 0.4) is 0 Å². The van der Waals surface area contributed by atoms with Crippen LogP contribution >= 0.6 is 11.6 Å². The minimum Gasteiger partial charge on any atom is -0.453 e. The van der Waals surface area contributed by atoms with Crippen molar-refractivity contribution in [1.82, 2.24) is 24.4 Å². The number of imidazole rings is 1. The van der Waals surface area contributed by atoms with E-state index in [1.807, 2.05) is 20.8 Å². The maximum Gasteiger partial charge on any atom is 0.416 e. The van der Waals surface area contributed by atoms with E-state index in [1.54, 1.807) is 15.7 Å². The third-order valence-electron chi connectivity index (χ3n) is 6.41. The molecule has 1 aromatic carbocycles. The molecule has 1 aliphatic rings. The molecule has 0 bridgehead atoms. The first-order valence-corrected chi connectivity index (χ1v) is 12.7. The van der Waals surface area contributed by atoms with Gasteiger partial charge in [-0.1, -0.05) is 24.4 Å². The van der Waals surface area contributed by atoms with Crippen LogP contribution in [0.2, 0.25) is 5.02 Å². The van der Waals surface area contributed by atoms with Gasteiger partial charge < -0.3 is 20.3 Å². The van der Waals surface area contributed by atoms with Gasteiger partial charge in [-0.05, 0) is 51.8 Å². The zero-order valence-electron chi connectivity index (χ0n) is 21.7. The molecule has 0 aliphatic heterocycles. The van der Waals surface area contributed by atoms with Crippen molar-refractivity contribution in [2.24, 2.45) is 0 Å². The van der Waals surface area contributed by atoms with E-state index < -0.39 is 23.4 Å². The maximum atomic E-state index is 13.4. The molecular formula is C25H31ClF3N7O2. The van der Waals surface area contributed by atoms with E-state index in [9.17, 15) is 18.0 Å². The number of nitrogens with one attached hydrogen (secondary N) is 2. The average Bonchev–Trinajstić information content (AvgIpc) is 3.45. The lowest BCUT2D eigenvalue weighted by Crippen LogP contribution is -2.47. The molecule has 2 heterocycles. The highest BCUT2D eigenvalue weighted by Gasteiger charge is 2.32. The third-order valence-corrected chi connectivity index (χ3v) is 6.63. The quantitative estimate of drug-likeness (QED) is 0.346. The van der Waals surface area contributed by atoms with Crippen molar-refractivity contribution in [3.63, 3.8) is 0 Å². The summed E-state index contributed by atoms with van der Waals surface area (Å²) in [6.45, 7) is 6.11. The number of halogens is 4. The van der Waals surface area contributed by atoms with Crippen LogP contribution in [-0.2, 0) is 17.5 Å². The van der Waals surface area contributed by atoms with Crippen LogP contribution in [0.4, 0.5) is 35.5 Å². The Hall–Kier alpha value is -3.28. The van der Waals surface area contributed by atoms with Gasteiger partial charge in [-0.2, -0.15) is 18.2 Å². The van der Waals surface area contributed by atoms with Crippen LogP contribution < -0.4 is 10.6 Å². The number of rotatable bonds is 7. The molecule has 2 aromatic heterocycles. The van der Waals surface area contributed by atoms with Gasteiger partial charge in [0.2, 0.25) is 11.9 Å². The van der Waals surface area contributed by atoms with Crippen molar-refractivity contribution in [2.45, 2.75) is 70.8 Å². The molecular weight excluding hydrogens is 523 g/mol. The first kappa shape index (κ1) is 27.7. The van der Waals surface area contributed by atoms with E-state index in [0.29, 0.717) is 17.1 Å². The summed E-state index contributed by atoms with van der Waals surface area (Å²) in [5.74, 6) is 0.682. The van der Waals surface area contributed by atoms with Gasteiger partial charge in [0, 0.05) is 35.4 Å². The smallest absolute Gasteiger partial charge is 0.416 e. The van der Waals surface area contributed by atoms with Gasteiger partial charge in [-0.25, -0.2) is 14.8 Å². The fraction of sp³-hybridized carbons (Fsp3) is 0.520. The van der Waals surface area contributed by atoms with Crippen molar-refractivity contribution in [1.29, 1.82) is 0 Å². The second-order valence-corrected chi connectivity index (χ2v) is 10.7. The van der Waals surface area contributed by atoms with Crippen LogP contribution in [0, 0.1) is 0 Å².